The molecule has 21 heavy (non-hydrogen) atoms. The van der Waals surface area contributed by atoms with Crippen molar-refractivity contribution in [2.24, 2.45) is 0 Å². The monoisotopic (exact) mass is 286 g/mol. The number of fused-ring (bicyclic) bond motifs is 1. The van der Waals surface area contributed by atoms with Crippen LogP contribution in [-0.2, 0) is 11.2 Å². The van der Waals surface area contributed by atoms with Crippen molar-refractivity contribution >= 4 is 5.78 Å². The largest absolute Gasteiger partial charge is 0.497 e. The van der Waals surface area contributed by atoms with Crippen LogP contribution in [0.5, 0.6) is 5.75 Å². The Morgan fingerprint density at radius 2 is 2.10 bits per heavy atom. The first kappa shape index (κ1) is 13.8. The van der Waals surface area contributed by atoms with Crippen molar-refractivity contribution in [2.45, 2.75) is 12.5 Å². The number of ether oxygens (including phenoxy) is 2. The molecule has 1 heterocycles. The van der Waals surface area contributed by atoms with Crippen molar-refractivity contribution in [3.05, 3.63) is 65.0 Å². The molecular weight excluding hydrogens is 271 g/mol. The van der Waals surface area contributed by atoms with Gasteiger partial charge in [0.25, 0.3) is 0 Å². The summed E-state index contributed by atoms with van der Waals surface area (Å²) in [5.41, 5.74) is 1.93. The summed E-state index contributed by atoms with van der Waals surface area (Å²) in [5, 5.41) is 0. The van der Waals surface area contributed by atoms with Gasteiger partial charge in [-0.15, -0.1) is 0 Å². The molecule has 0 amide bonds. The normalized spacial score (nSPS) is 17.1. The second kappa shape index (κ2) is 5.66. The maximum atomic E-state index is 14.1. The molecule has 0 bridgehead atoms. The van der Waals surface area contributed by atoms with Gasteiger partial charge in [-0.2, -0.15) is 0 Å². The van der Waals surface area contributed by atoms with E-state index in [4.69, 9.17) is 9.47 Å². The van der Waals surface area contributed by atoms with Crippen molar-refractivity contribution in [1.29, 1.82) is 0 Å². The van der Waals surface area contributed by atoms with E-state index in [2.05, 4.69) is 0 Å². The van der Waals surface area contributed by atoms with Crippen molar-refractivity contribution in [3.8, 4) is 5.75 Å². The smallest absolute Gasteiger partial charge is 0.199 e. The first-order valence-corrected chi connectivity index (χ1v) is 6.78. The molecule has 0 spiro atoms. The van der Waals surface area contributed by atoms with Crippen LogP contribution >= 0.6 is 0 Å². The van der Waals surface area contributed by atoms with Crippen LogP contribution in [0.25, 0.3) is 0 Å². The third-order valence-corrected chi connectivity index (χ3v) is 3.67. The molecule has 2 aromatic rings. The van der Waals surface area contributed by atoms with E-state index < -0.39 is 11.9 Å². The minimum atomic E-state index is -0.738. The van der Waals surface area contributed by atoms with Crippen LogP contribution in [0.1, 0.15) is 27.6 Å². The van der Waals surface area contributed by atoms with E-state index in [-0.39, 0.29) is 11.3 Å². The standard InChI is InChI=1S/C17H15FO3/c1-20-12-6-7-14(15(18)10-12)16(19)17-13-5-3-2-4-11(13)8-9-21-17/h2-7,10,17H,8-9H2,1H3. The molecule has 0 saturated carbocycles. The van der Waals surface area contributed by atoms with Gasteiger partial charge < -0.3 is 9.47 Å². The summed E-state index contributed by atoms with van der Waals surface area (Å²) in [5.74, 6) is -0.567. The molecule has 108 valence electrons. The second-order valence-corrected chi connectivity index (χ2v) is 4.91. The summed E-state index contributed by atoms with van der Waals surface area (Å²) in [7, 11) is 1.46. The van der Waals surface area contributed by atoms with Gasteiger partial charge in [-0.1, -0.05) is 24.3 Å². The molecule has 4 heteroatoms. The minimum absolute atomic E-state index is 0.0255. The molecule has 0 N–H and O–H groups in total. The number of ketones is 1. The number of methoxy groups -OCH3 is 1. The highest BCUT2D eigenvalue weighted by Crippen LogP contribution is 2.31. The van der Waals surface area contributed by atoms with Gasteiger partial charge in [-0.3, -0.25) is 4.79 Å². The third kappa shape index (κ3) is 2.54. The Morgan fingerprint density at radius 1 is 1.29 bits per heavy atom. The molecule has 0 aliphatic carbocycles. The quantitative estimate of drug-likeness (QED) is 0.812. The number of halogens is 1. The lowest BCUT2D eigenvalue weighted by Gasteiger charge is -2.25. The van der Waals surface area contributed by atoms with Crippen molar-refractivity contribution in [3.63, 3.8) is 0 Å². The summed E-state index contributed by atoms with van der Waals surface area (Å²) in [6.07, 6.45) is 0.0308. The van der Waals surface area contributed by atoms with Gasteiger partial charge in [0.05, 0.1) is 19.3 Å². The summed E-state index contributed by atoms with van der Waals surface area (Å²) in [4.78, 5) is 12.6. The molecule has 1 unspecified atom stereocenters. The molecule has 1 atom stereocenters. The molecule has 1 aliphatic heterocycles. The topological polar surface area (TPSA) is 35.5 Å². The van der Waals surface area contributed by atoms with Gasteiger partial charge in [0.2, 0.25) is 0 Å². The predicted octanol–water partition coefficient (Wildman–Crippen LogP) is 3.33. The maximum absolute atomic E-state index is 14.1. The number of Topliss-reactive ketones (excluding diaryl/α,β-unsaturated/α-hetero) is 1. The number of carbonyl (C=O) groups is 1. The van der Waals surface area contributed by atoms with Crippen LogP contribution in [-0.4, -0.2) is 19.5 Å². The molecular formula is C17H15FO3. The fourth-order valence-corrected chi connectivity index (χ4v) is 2.57. The highest BCUT2D eigenvalue weighted by molar-refractivity contribution is 6.00. The van der Waals surface area contributed by atoms with Crippen LogP contribution in [0.3, 0.4) is 0 Å². The molecule has 0 radical (unpaired) electrons. The SMILES string of the molecule is COc1ccc(C(=O)C2OCCc3ccccc32)c(F)c1. The number of hydrogen-bond acceptors (Lipinski definition) is 3. The van der Waals surface area contributed by atoms with Gasteiger partial charge >= 0.3 is 0 Å². The Morgan fingerprint density at radius 3 is 2.86 bits per heavy atom. The average molecular weight is 286 g/mol. The Hall–Kier alpha value is -2.20. The Balaban J connectivity index is 1.97. The maximum Gasteiger partial charge on any atom is 0.199 e. The second-order valence-electron chi connectivity index (χ2n) is 4.91. The van der Waals surface area contributed by atoms with Crippen LogP contribution in [0.4, 0.5) is 4.39 Å². The van der Waals surface area contributed by atoms with E-state index >= 15 is 0 Å². The van der Waals surface area contributed by atoms with Crippen LogP contribution in [0.2, 0.25) is 0 Å². The van der Waals surface area contributed by atoms with Crippen LogP contribution < -0.4 is 4.74 Å². The molecule has 0 saturated heterocycles. The highest BCUT2D eigenvalue weighted by atomic mass is 19.1. The third-order valence-electron chi connectivity index (χ3n) is 3.67. The lowest BCUT2D eigenvalue weighted by Crippen LogP contribution is -2.24. The summed E-state index contributed by atoms with van der Waals surface area (Å²) >= 11 is 0. The van der Waals surface area contributed by atoms with Gasteiger partial charge in [0.1, 0.15) is 17.7 Å². The van der Waals surface area contributed by atoms with E-state index in [1.807, 2.05) is 24.3 Å². The van der Waals surface area contributed by atoms with Gasteiger partial charge in [-0.25, -0.2) is 4.39 Å². The average Bonchev–Trinajstić information content (AvgIpc) is 2.53. The van der Waals surface area contributed by atoms with Crippen molar-refractivity contribution < 1.29 is 18.7 Å². The fraction of sp³-hybridized carbons (Fsp3) is 0.235. The number of rotatable bonds is 3. The number of benzene rings is 2. The lowest BCUT2D eigenvalue weighted by atomic mass is 9.92. The molecule has 3 nitrogen and oxygen atoms in total. The van der Waals surface area contributed by atoms with Crippen LogP contribution in [0, 0.1) is 5.82 Å². The zero-order valence-corrected chi connectivity index (χ0v) is 11.6. The molecule has 2 aromatic carbocycles. The molecule has 1 aliphatic rings. The van der Waals surface area contributed by atoms with Gasteiger partial charge in [0, 0.05) is 6.07 Å². The Bertz CT molecular complexity index is 681. The first-order valence-electron chi connectivity index (χ1n) is 6.78. The summed E-state index contributed by atoms with van der Waals surface area (Å²) < 4.78 is 24.6. The van der Waals surface area contributed by atoms with Crippen molar-refractivity contribution in [2.75, 3.05) is 13.7 Å². The Labute approximate surface area is 122 Å². The minimum Gasteiger partial charge on any atom is -0.497 e. The molecule has 0 fully saturated rings. The lowest BCUT2D eigenvalue weighted by molar-refractivity contribution is 0.0345. The zero-order chi connectivity index (χ0) is 14.8. The highest BCUT2D eigenvalue weighted by Gasteiger charge is 2.29. The number of carbonyl (C=O) groups excluding carboxylic acids is 1. The molecule has 0 aromatic heterocycles. The van der Waals surface area contributed by atoms with Crippen molar-refractivity contribution in [1.82, 2.24) is 0 Å². The first-order chi connectivity index (χ1) is 10.2. The van der Waals surface area contributed by atoms with E-state index in [0.29, 0.717) is 12.4 Å². The van der Waals surface area contributed by atoms with Crippen LogP contribution in [0.15, 0.2) is 42.5 Å². The number of hydrogen-bond donors (Lipinski definition) is 0. The van der Waals surface area contributed by atoms with E-state index in [0.717, 1.165) is 17.5 Å². The predicted molar refractivity (Wildman–Crippen MR) is 76.1 cm³/mol. The summed E-state index contributed by atoms with van der Waals surface area (Å²) in [6, 6.07) is 11.9. The summed E-state index contributed by atoms with van der Waals surface area (Å²) in [6.45, 7) is 0.463. The molecule has 3 rings (SSSR count). The Kier molecular flexibility index (Phi) is 3.71. The van der Waals surface area contributed by atoms with Gasteiger partial charge in [-0.05, 0) is 29.7 Å². The fourth-order valence-electron chi connectivity index (χ4n) is 2.57. The van der Waals surface area contributed by atoms with E-state index in [1.165, 1.54) is 19.2 Å². The zero-order valence-electron chi connectivity index (χ0n) is 11.6. The van der Waals surface area contributed by atoms with E-state index in [1.54, 1.807) is 6.07 Å². The van der Waals surface area contributed by atoms with Gasteiger partial charge in [0.15, 0.2) is 5.78 Å². The van der Waals surface area contributed by atoms with E-state index in [9.17, 15) is 9.18 Å².